The highest BCUT2D eigenvalue weighted by Gasteiger charge is 2.11. The molecule has 2 aromatic carbocycles. The van der Waals surface area contributed by atoms with Gasteiger partial charge >= 0.3 is 5.97 Å². The zero-order chi connectivity index (χ0) is 18.4. The molecule has 0 saturated heterocycles. The number of hydrogen-bond donors (Lipinski definition) is 1. The lowest BCUT2D eigenvalue weighted by atomic mass is 10.2. The average molecular weight is 357 g/mol. The molecule has 6 nitrogen and oxygen atoms in total. The smallest absolute Gasteiger partial charge is 0.331 e. The maximum Gasteiger partial charge on any atom is 0.331 e. The van der Waals surface area contributed by atoms with Crippen LogP contribution in [-0.4, -0.2) is 31.7 Å². The molecule has 0 bridgehead atoms. The second kappa shape index (κ2) is 8.15. The molecule has 1 amide bonds. The first-order chi connectivity index (χ1) is 12.6. The van der Waals surface area contributed by atoms with Crippen LogP contribution in [0.25, 0.3) is 6.08 Å². The Labute approximate surface area is 149 Å². The summed E-state index contributed by atoms with van der Waals surface area (Å²) in [4.78, 5) is 23.4. The summed E-state index contributed by atoms with van der Waals surface area (Å²) in [7, 11) is 0. The maximum atomic E-state index is 12.8. The highest BCUT2D eigenvalue weighted by Crippen LogP contribution is 2.31. The molecule has 0 unspecified atom stereocenters. The summed E-state index contributed by atoms with van der Waals surface area (Å²) in [6.45, 7) is 0.543. The molecule has 0 radical (unpaired) electrons. The predicted octanol–water partition coefficient (Wildman–Crippen LogP) is 2.79. The van der Waals surface area contributed by atoms with Crippen LogP contribution in [-0.2, 0) is 14.3 Å². The Morgan fingerprint density at radius 2 is 1.81 bits per heavy atom. The molecule has 1 heterocycles. The van der Waals surface area contributed by atoms with E-state index >= 15 is 0 Å². The van der Waals surface area contributed by atoms with E-state index in [1.807, 2.05) is 0 Å². The third kappa shape index (κ3) is 4.83. The summed E-state index contributed by atoms with van der Waals surface area (Å²) in [5, 5.41) is 2.50. The monoisotopic (exact) mass is 357 g/mol. The fourth-order valence-electron chi connectivity index (χ4n) is 2.24. The van der Waals surface area contributed by atoms with Crippen LogP contribution < -0.4 is 14.8 Å². The second-order valence-electron chi connectivity index (χ2n) is 5.40. The molecule has 2 aromatic rings. The van der Waals surface area contributed by atoms with Crippen molar-refractivity contribution in [3.63, 3.8) is 0 Å². The minimum atomic E-state index is -0.658. The third-order valence-corrected chi connectivity index (χ3v) is 3.45. The van der Waals surface area contributed by atoms with E-state index in [1.54, 1.807) is 24.3 Å². The summed E-state index contributed by atoms with van der Waals surface area (Å²) in [6.07, 6.45) is 2.77. The van der Waals surface area contributed by atoms with Crippen molar-refractivity contribution in [1.82, 2.24) is 0 Å². The second-order valence-corrected chi connectivity index (χ2v) is 5.40. The van der Waals surface area contributed by atoms with Crippen molar-refractivity contribution in [3.8, 4) is 11.5 Å². The molecule has 0 aromatic heterocycles. The Morgan fingerprint density at radius 1 is 1.08 bits per heavy atom. The number of esters is 1. The van der Waals surface area contributed by atoms with Gasteiger partial charge in [0.25, 0.3) is 5.91 Å². The van der Waals surface area contributed by atoms with Gasteiger partial charge in [-0.15, -0.1) is 0 Å². The molecule has 0 spiro atoms. The molecule has 1 aliphatic rings. The highest BCUT2D eigenvalue weighted by atomic mass is 19.1. The summed E-state index contributed by atoms with van der Waals surface area (Å²) in [6, 6.07) is 10.6. The maximum absolute atomic E-state index is 12.8. The lowest BCUT2D eigenvalue weighted by molar-refractivity contribution is -0.142. The Kier molecular flexibility index (Phi) is 5.48. The van der Waals surface area contributed by atoms with Gasteiger partial charge in [-0.25, -0.2) is 9.18 Å². The molecule has 0 atom stereocenters. The largest absolute Gasteiger partial charge is 0.486 e. The number of anilines is 1. The van der Waals surface area contributed by atoms with E-state index in [4.69, 9.17) is 14.2 Å². The number of halogens is 1. The van der Waals surface area contributed by atoms with E-state index in [-0.39, 0.29) is 0 Å². The van der Waals surface area contributed by atoms with Crippen LogP contribution in [0.15, 0.2) is 48.5 Å². The van der Waals surface area contributed by atoms with Crippen LogP contribution in [0, 0.1) is 5.82 Å². The van der Waals surface area contributed by atoms with Gasteiger partial charge in [0, 0.05) is 11.8 Å². The van der Waals surface area contributed by atoms with Crippen LogP contribution >= 0.6 is 0 Å². The predicted molar refractivity (Wildman–Crippen MR) is 92.5 cm³/mol. The van der Waals surface area contributed by atoms with Gasteiger partial charge in [0.05, 0.1) is 0 Å². The number of carbonyl (C=O) groups is 2. The molecule has 7 heteroatoms. The number of benzene rings is 2. The van der Waals surface area contributed by atoms with Crippen LogP contribution in [0.3, 0.4) is 0 Å². The van der Waals surface area contributed by atoms with E-state index in [1.165, 1.54) is 30.3 Å². The number of hydrogen-bond acceptors (Lipinski definition) is 5. The van der Waals surface area contributed by atoms with E-state index in [9.17, 15) is 14.0 Å². The molecule has 26 heavy (non-hydrogen) atoms. The van der Waals surface area contributed by atoms with Gasteiger partial charge in [-0.2, -0.15) is 0 Å². The Bertz CT molecular complexity index is 832. The molecule has 1 aliphatic heterocycles. The van der Waals surface area contributed by atoms with Crippen LogP contribution in [0.2, 0.25) is 0 Å². The number of carbonyl (C=O) groups excluding carboxylic acids is 2. The van der Waals surface area contributed by atoms with Crippen LogP contribution in [0.1, 0.15) is 5.56 Å². The van der Waals surface area contributed by atoms with Crippen molar-refractivity contribution in [2.24, 2.45) is 0 Å². The molecule has 134 valence electrons. The molecular formula is C19H16FNO5. The standard InChI is InChI=1S/C19H16FNO5/c20-14-3-5-15(6-4-14)21-18(22)12-26-19(23)8-2-13-1-7-16-17(11-13)25-10-9-24-16/h1-8,11H,9-10,12H2,(H,21,22)/b8-2+. The number of ether oxygens (including phenoxy) is 3. The van der Waals surface area contributed by atoms with Crippen molar-refractivity contribution >= 4 is 23.6 Å². The molecule has 1 N–H and O–H groups in total. The number of amides is 1. The van der Waals surface area contributed by atoms with E-state index in [2.05, 4.69) is 5.32 Å². The lowest BCUT2D eigenvalue weighted by Crippen LogP contribution is -2.20. The zero-order valence-electron chi connectivity index (χ0n) is 13.7. The normalized spacial score (nSPS) is 12.7. The number of nitrogens with one attached hydrogen (secondary N) is 1. The summed E-state index contributed by atoms with van der Waals surface area (Å²) < 4.78 is 28.5. The molecule has 0 aliphatic carbocycles. The van der Waals surface area contributed by atoms with E-state index in [0.29, 0.717) is 30.4 Å². The molecule has 0 saturated carbocycles. The van der Waals surface area contributed by atoms with Gasteiger partial charge < -0.3 is 19.5 Å². The topological polar surface area (TPSA) is 73.9 Å². The zero-order valence-corrected chi connectivity index (χ0v) is 13.7. The molecular weight excluding hydrogens is 341 g/mol. The van der Waals surface area contributed by atoms with E-state index in [0.717, 1.165) is 5.56 Å². The van der Waals surface area contributed by atoms with Gasteiger partial charge in [-0.05, 0) is 48.0 Å². The first kappa shape index (κ1) is 17.5. The molecule has 3 rings (SSSR count). The van der Waals surface area contributed by atoms with E-state index < -0.39 is 24.3 Å². The fourth-order valence-corrected chi connectivity index (χ4v) is 2.24. The Morgan fingerprint density at radius 3 is 2.58 bits per heavy atom. The van der Waals surface area contributed by atoms with Crippen molar-refractivity contribution in [3.05, 3.63) is 59.9 Å². The first-order valence-corrected chi connectivity index (χ1v) is 7.90. The Balaban J connectivity index is 1.48. The van der Waals surface area contributed by atoms with Crippen molar-refractivity contribution in [1.29, 1.82) is 0 Å². The van der Waals surface area contributed by atoms with Crippen LogP contribution in [0.5, 0.6) is 11.5 Å². The number of fused-ring (bicyclic) bond motifs is 1. The summed E-state index contributed by atoms with van der Waals surface area (Å²) in [5.74, 6) is -0.301. The van der Waals surface area contributed by atoms with Gasteiger partial charge in [0.2, 0.25) is 0 Å². The van der Waals surface area contributed by atoms with Gasteiger partial charge in [-0.1, -0.05) is 6.07 Å². The van der Waals surface area contributed by atoms with Crippen molar-refractivity contribution < 1.29 is 28.2 Å². The van der Waals surface area contributed by atoms with Crippen LogP contribution in [0.4, 0.5) is 10.1 Å². The lowest BCUT2D eigenvalue weighted by Gasteiger charge is -2.18. The summed E-state index contributed by atoms with van der Waals surface area (Å²) in [5.41, 5.74) is 1.15. The molecule has 0 fully saturated rings. The first-order valence-electron chi connectivity index (χ1n) is 7.90. The van der Waals surface area contributed by atoms with Crippen molar-refractivity contribution in [2.75, 3.05) is 25.1 Å². The van der Waals surface area contributed by atoms with Gasteiger partial charge in [0.1, 0.15) is 19.0 Å². The van der Waals surface area contributed by atoms with Gasteiger partial charge in [-0.3, -0.25) is 4.79 Å². The minimum absolute atomic E-state index is 0.404. The van der Waals surface area contributed by atoms with Gasteiger partial charge in [0.15, 0.2) is 18.1 Å². The quantitative estimate of drug-likeness (QED) is 0.658. The van der Waals surface area contributed by atoms with Crippen molar-refractivity contribution in [2.45, 2.75) is 0 Å². The fraction of sp³-hybridized carbons (Fsp3) is 0.158. The third-order valence-electron chi connectivity index (χ3n) is 3.45. The highest BCUT2D eigenvalue weighted by molar-refractivity contribution is 5.94. The average Bonchev–Trinajstić information content (AvgIpc) is 2.66. The SMILES string of the molecule is O=C(COC(=O)/C=C/c1ccc2c(c1)OCCO2)Nc1ccc(F)cc1. The summed E-state index contributed by atoms with van der Waals surface area (Å²) >= 11 is 0. The Hall–Kier alpha value is -3.35. The minimum Gasteiger partial charge on any atom is -0.486 e. The number of rotatable bonds is 5.